The smallest absolute Gasteiger partial charge is 0.325 e. The molecule has 0 saturated carbocycles. The molecule has 2 heterocycles. The summed E-state index contributed by atoms with van der Waals surface area (Å²) in [6, 6.07) is 12.3. The van der Waals surface area contributed by atoms with E-state index < -0.39 is 23.3 Å². The molecule has 1 saturated heterocycles. The van der Waals surface area contributed by atoms with Crippen molar-refractivity contribution in [2.45, 2.75) is 45.2 Å². The molecule has 4 rings (SSSR count). The maximum Gasteiger partial charge on any atom is 0.325 e. The Labute approximate surface area is 190 Å². The number of nitrogens with one attached hydrogen (secondary N) is 1. The monoisotopic (exact) mass is 452 g/mol. The van der Waals surface area contributed by atoms with E-state index in [4.69, 9.17) is 9.26 Å². The summed E-state index contributed by atoms with van der Waals surface area (Å²) in [7, 11) is 0. The molecule has 9 heteroatoms. The molecule has 1 aliphatic heterocycles. The van der Waals surface area contributed by atoms with Crippen molar-refractivity contribution in [1.29, 1.82) is 0 Å². The molecular formula is C24H25FN4O4. The lowest BCUT2D eigenvalue weighted by Gasteiger charge is -2.27. The third-order valence-electron chi connectivity index (χ3n) is 5.61. The number of para-hydroxylation sites is 1. The van der Waals surface area contributed by atoms with E-state index in [0.717, 1.165) is 11.3 Å². The molecule has 0 aliphatic carbocycles. The molecule has 1 N–H and O–H groups in total. The van der Waals surface area contributed by atoms with Gasteiger partial charge in [0.15, 0.2) is 0 Å². The van der Waals surface area contributed by atoms with Gasteiger partial charge in [0, 0.05) is 0 Å². The number of imide groups is 1. The lowest BCUT2D eigenvalue weighted by molar-refractivity contribution is -0.132. The Bertz CT molecular complexity index is 1150. The van der Waals surface area contributed by atoms with Crippen LogP contribution in [0.2, 0.25) is 0 Å². The summed E-state index contributed by atoms with van der Waals surface area (Å²) in [5, 5.41) is 6.83. The maximum absolute atomic E-state index is 13.5. The van der Waals surface area contributed by atoms with Gasteiger partial charge in [0.25, 0.3) is 5.91 Å². The number of carbonyl (C=O) groups excluding carboxylic acids is 2. The van der Waals surface area contributed by atoms with Gasteiger partial charge in [-0.1, -0.05) is 49.2 Å². The van der Waals surface area contributed by atoms with Crippen LogP contribution in [-0.2, 0) is 16.9 Å². The van der Waals surface area contributed by atoms with Crippen molar-refractivity contribution in [3.63, 3.8) is 0 Å². The molecule has 0 radical (unpaired) electrons. The van der Waals surface area contributed by atoms with Gasteiger partial charge in [0.1, 0.15) is 23.7 Å². The number of nitrogens with zero attached hydrogens (tertiary/aromatic N) is 3. The molecule has 0 bridgehead atoms. The highest BCUT2D eigenvalue weighted by Gasteiger charge is 2.52. The van der Waals surface area contributed by atoms with Gasteiger partial charge in [0.2, 0.25) is 11.7 Å². The first-order valence-electron chi connectivity index (χ1n) is 10.9. The summed E-state index contributed by atoms with van der Waals surface area (Å²) in [5.41, 5.74) is -0.0733. The second kappa shape index (κ2) is 9.40. The van der Waals surface area contributed by atoms with E-state index in [-0.39, 0.29) is 12.4 Å². The molecule has 1 atom stereocenters. The number of aromatic nitrogens is 2. The second-order valence-electron chi connectivity index (χ2n) is 7.78. The maximum atomic E-state index is 13.5. The summed E-state index contributed by atoms with van der Waals surface area (Å²) >= 11 is 0. The third kappa shape index (κ3) is 4.30. The fourth-order valence-corrected chi connectivity index (χ4v) is 3.95. The minimum atomic E-state index is -1.26. The van der Waals surface area contributed by atoms with E-state index in [1.807, 2.05) is 26.0 Å². The average molecular weight is 452 g/mol. The molecule has 1 aliphatic rings. The Balaban J connectivity index is 1.60. The SMILES string of the molecule is CCCCC1(c2ccc(F)cc2)NC(=O)N(Cc2nc(-c3ccccc3OCC)no2)C1=O. The number of rotatable bonds is 9. The zero-order chi connectivity index (χ0) is 23.4. The number of halogens is 1. The van der Waals surface area contributed by atoms with Gasteiger partial charge < -0.3 is 14.6 Å². The number of amides is 3. The van der Waals surface area contributed by atoms with Gasteiger partial charge in [-0.15, -0.1) is 0 Å². The van der Waals surface area contributed by atoms with Crippen LogP contribution in [0.4, 0.5) is 9.18 Å². The number of carbonyl (C=O) groups is 2. The zero-order valence-electron chi connectivity index (χ0n) is 18.5. The van der Waals surface area contributed by atoms with Crippen LogP contribution in [0.15, 0.2) is 53.1 Å². The van der Waals surface area contributed by atoms with E-state index in [9.17, 15) is 14.0 Å². The van der Waals surface area contributed by atoms with E-state index in [1.54, 1.807) is 12.1 Å². The number of hydrogen-bond donors (Lipinski definition) is 1. The summed E-state index contributed by atoms with van der Waals surface area (Å²) in [6.07, 6.45) is 1.93. The van der Waals surface area contributed by atoms with Crippen LogP contribution in [-0.4, -0.2) is 33.6 Å². The Kier molecular flexibility index (Phi) is 6.39. The van der Waals surface area contributed by atoms with Crippen molar-refractivity contribution in [3.05, 3.63) is 65.8 Å². The number of urea groups is 1. The normalized spacial score (nSPS) is 18.0. The third-order valence-corrected chi connectivity index (χ3v) is 5.61. The minimum absolute atomic E-state index is 0.116. The predicted octanol–water partition coefficient (Wildman–Crippen LogP) is 4.41. The van der Waals surface area contributed by atoms with Crippen molar-refractivity contribution in [2.24, 2.45) is 0 Å². The van der Waals surface area contributed by atoms with Crippen molar-refractivity contribution < 1.29 is 23.2 Å². The standard InChI is InChI=1S/C24H25FN4O4/c1-3-5-14-24(16-10-12-17(25)13-11-16)22(30)29(23(31)27-24)15-20-26-21(28-33-20)18-8-6-7-9-19(18)32-4-2/h6-13H,3-5,14-15H2,1-2H3,(H,27,31). The highest BCUT2D eigenvalue weighted by Crippen LogP contribution is 2.35. The summed E-state index contributed by atoms with van der Waals surface area (Å²) in [4.78, 5) is 31.8. The number of unbranched alkanes of at least 4 members (excludes halogenated alkanes) is 1. The molecule has 8 nitrogen and oxygen atoms in total. The van der Waals surface area contributed by atoms with Crippen LogP contribution >= 0.6 is 0 Å². The molecule has 33 heavy (non-hydrogen) atoms. The molecule has 1 aromatic heterocycles. The van der Waals surface area contributed by atoms with Crippen molar-refractivity contribution in [1.82, 2.24) is 20.4 Å². The fourth-order valence-electron chi connectivity index (χ4n) is 3.95. The zero-order valence-corrected chi connectivity index (χ0v) is 18.5. The fraction of sp³-hybridized carbons (Fsp3) is 0.333. The van der Waals surface area contributed by atoms with Crippen LogP contribution in [0.3, 0.4) is 0 Å². The highest BCUT2D eigenvalue weighted by atomic mass is 19.1. The lowest BCUT2D eigenvalue weighted by atomic mass is 9.85. The number of ether oxygens (including phenoxy) is 1. The Morgan fingerprint density at radius 2 is 1.88 bits per heavy atom. The van der Waals surface area contributed by atoms with E-state index in [0.29, 0.717) is 42.1 Å². The van der Waals surface area contributed by atoms with Gasteiger partial charge >= 0.3 is 6.03 Å². The van der Waals surface area contributed by atoms with Crippen LogP contribution in [0.25, 0.3) is 11.4 Å². The topological polar surface area (TPSA) is 97.6 Å². The van der Waals surface area contributed by atoms with Crippen LogP contribution in [0, 0.1) is 5.82 Å². The second-order valence-corrected chi connectivity index (χ2v) is 7.78. The molecule has 1 fully saturated rings. The van der Waals surface area contributed by atoms with Crippen molar-refractivity contribution in [3.8, 4) is 17.1 Å². The highest BCUT2D eigenvalue weighted by molar-refractivity contribution is 6.07. The summed E-state index contributed by atoms with van der Waals surface area (Å²) in [6.45, 7) is 4.18. The minimum Gasteiger partial charge on any atom is -0.493 e. The number of hydrogen-bond acceptors (Lipinski definition) is 6. The quantitative estimate of drug-likeness (QED) is 0.483. The summed E-state index contributed by atoms with van der Waals surface area (Å²) < 4.78 is 24.4. The lowest BCUT2D eigenvalue weighted by Crippen LogP contribution is -2.44. The molecule has 1 unspecified atom stereocenters. The van der Waals surface area contributed by atoms with Gasteiger partial charge in [-0.2, -0.15) is 4.98 Å². The first-order chi connectivity index (χ1) is 16.0. The Hall–Kier alpha value is -3.75. The van der Waals surface area contributed by atoms with Crippen molar-refractivity contribution >= 4 is 11.9 Å². The number of benzene rings is 2. The van der Waals surface area contributed by atoms with Gasteiger partial charge in [-0.25, -0.2) is 9.18 Å². The first kappa shape index (κ1) is 22.4. The van der Waals surface area contributed by atoms with Crippen LogP contribution < -0.4 is 10.1 Å². The average Bonchev–Trinajstić information content (AvgIpc) is 3.38. The molecule has 2 aromatic carbocycles. The van der Waals surface area contributed by atoms with Gasteiger partial charge in [-0.05, 0) is 43.2 Å². The van der Waals surface area contributed by atoms with Crippen LogP contribution in [0.1, 0.15) is 44.6 Å². The Morgan fingerprint density at radius 3 is 2.61 bits per heavy atom. The molecule has 3 amide bonds. The van der Waals surface area contributed by atoms with Crippen molar-refractivity contribution in [2.75, 3.05) is 6.61 Å². The Morgan fingerprint density at radius 1 is 1.12 bits per heavy atom. The molecule has 172 valence electrons. The van der Waals surface area contributed by atoms with E-state index in [1.165, 1.54) is 24.3 Å². The molecular weight excluding hydrogens is 427 g/mol. The molecule has 0 spiro atoms. The van der Waals surface area contributed by atoms with Gasteiger partial charge in [0.05, 0.1) is 12.2 Å². The first-order valence-corrected chi connectivity index (χ1v) is 10.9. The van der Waals surface area contributed by atoms with Gasteiger partial charge in [-0.3, -0.25) is 9.69 Å². The predicted molar refractivity (Wildman–Crippen MR) is 118 cm³/mol. The van der Waals surface area contributed by atoms with Crippen LogP contribution in [0.5, 0.6) is 5.75 Å². The molecule has 3 aromatic rings. The van der Waals surface area contributed by atoms with E-state index >= 15 is 0 Å². The summed E-state index contributed by atoms with van der Waals surface area (Å²) in [5.74, 6) is 0.185. The largest absolute Gasteiger partial charge is 0.493 e. The van der Waals surface area contributed by atoms with E-state index in [2.05, 4.69) is 15.5 Å².